The molecule has 0 aliphatic carbocycles. The smallest absolute Gasteiger partial charge is 0.0724 e. The molecule has 0 spiro atoms. The van der Waals surface area contributed by atoms with E-state index in [1.54, 1.807) is 0 Å². The van der Waals surface area contributed by atoms with Gasteiger partial charge in [-0.2, -0.15) is 5.10 Å². The number of fused-ring (bicyclic) bond motifs is 1. The molecule has 0 unspecified atom stereocenters. The summed E-state index contributed by atoms with van der Waals surface area (Å²) >= 11 is 0. The van der Waals surface area contributed by atoms with Crippen LogP contribution in [0, 0.1) is 0 Å². The van der Waals surface area contributed by atoms with Crippen molar-refractivity contribution in [1.82, 2.24) is 9.61 Å². The van der Waals surface area contributed by atoms with Crippen LogP contribution in [-0.4, -0.2) is 9.61 Å². The number of benzene rings is 1. The highest BCUT2D eigenvalue weighted by molar-refractivity contribution is 5.64. The molecule has 3 aromatic rings. The normalized spacial score (nSPS) is 10.7. The molecule has 15 heavy (non-hydrogen) atoms. The molecule has 0 aliphatic heterocycles. The second kappa shape index (κ2) is 3.24. The Morgan fingerprint density at radius 2 is 1.67 bits per heavy atom. The number of rotatable bonds is 1. The Morgan fingerprint density at radius 3 is 2.53 bits per heavy atom. The highest BCUT2D eigenvalue weighted by Gasteiger charge is 2.01. The number of pyridine rings is 1. The van der Waals surface area contributed by atoms with Gasteiger partial charge in [0, 0.05) is 5.56 Å². The van der Waals surface area contributed by atoms with Crippen LogP contribution >= 0.6 is 0 Å². The standard InChI is InChI=1S/C13H10N2/c1-2-5-11(6-3-1)13-8-4-7-12-9-10-14-15(12)13/h1-10H. The predicted molar refractivity (Wildman–Crippen MR) is 60.6 cm³/mol. The molecule has 0 atom stereocenters. The van der Waals surface area contributed by atoms with Gasteiger partial charge in [0.1, 0.15) is 0 Å². The van der Waals surface area contributed by atoms with E-state index in [1.165, 1.54) is 5.56 Å². The van der Waals surface area contributed by atoms with Crippen LogP contribution in [-0.2, 0) is 0 Å². The van der Waals surface area contributed by atoms with Crippen LogP contribution in [0.25, 0.3) is 16.8 Å². The van der Waals surface area contributed by atoms with E-state index in [1.807, 2.05) is 35.0 Å². The maximum Gasteiger partial charge on any atom is 0.0724 e. The summed E-state index contributed by atoms with van der Waals surface area (Å²) in [5.41, 5.74) is 3.43. The Morgan fingerprint density at radius 1 is 0.800 bits per heavy atom. The fourth-order valence-corrected chi connectivity index (χ4v) is 1.78. The lowest BCUT2D eigenvalue weighted by Crippen LogP contribution is -1.92. The van der Waals surface area contributed by atoms with E-state index in [4.69, 9.17) is 0 Å². The molecule has 3 rings (SSSR count). The fraction of sp³-hybridized carbons (Fsp3) is 0. The van der Waals surface area contributed by atoms with Crippen LogP contribution in [0.2, 0.25) is 0 Å². The van der Waals surface area contributed by atoms with Gasteiger partial charge in [0.25, 0.3) is 0 Å². The molecule has 0 fully saturated rings. The molecule has 1 aromatic carbocycles. The molecular weight excluding hydrogens is 184 g/mol. The van der Waals surface area contributed by atoms with E-state index in [-0.39, 0.29) is 0 Å². The van der Waals surface area contributed by atoms with E-state index in [0.29, 0.717) is 0 Å². The number of nitrogens with zero attached hydrogens (tertiary/aromatic N) is 2. The number of hydrogen-bond acceptors (Lipinski definition) is 1. The van der Waals surface area contributed by atoms with Crippen molar-refractivity contribution in [3.8, 4) is 11.3 Å². The van der Waals surface area contributed by atoms with Crippen LogP contribution in [0.5, 0.6) is 0 Å². The Balaban J connectivity index is 2.31. The molecule has 0 N–H and O–H groups in total. The molecule has 0 saturated carbocycles. The number of aromatic nitrogens is 2. The van der Waals surface area contributed by atoms with Crippen LogP contribution < -0.4 is 0 Å². The summed E-state index contributed by atoms with van der Waals surface area (Å²) in [6.07, 6.45) is 1.82. The lowest BCUT2D eigenvalue weighted by atomic mass is 10.1. The molecular formula is C13H10N2. The third kappa shape index (κ3) is 1.31. The summed E-state index contributed by atoms with van der Waals surface area (Å²) in [5, 5.41) is 4.31. The molecule has 0 saturated heterocycles. The first-order chi connectivity index (χ1) is 7.45. The lowest BCUT2D eigenvalue weighted by Gasteiger charge is -2.04. The maximum absolute atomic E-state index is 4.31. The topological polar surface area (TPSA) is 17.3 Å². The Hall–Kier alpha value is -2.09. The van der Waals surface area contributed by atoms with E-state index in [2.05, 4.69) is 35.4 Å². The summed E-state index contributed by atoms with van der Waals surface area (Å²) in [6.45, 7) is 0. The average molecular weight is 194 g/mol. The van der Waals surface area contributed by atoms with Gasteiger partial charge >= 0.3 is 0 Å². The maximum atomic E-state index is 4.31. The predicted octanol–water partition coefficient (Wildman–Crippen LogP) is 3.00. The van der Waals surface area contributed by atoms with Crippen LogP contribution in [0.1, 0.15) is 0 Å². The second-order valence-electron chi connectivity index (χ2n) is 3.44. The van der Waals surface area contributed by atoms with Crippen LogP contribution in [0.4, 0.5) is 0 Å². The molecule has 2 nitrogen and oxygen atoms in total. The van der Waals surface area contributed by atoms with Crippen molar-refractivity contribution in [2.45, 2.75) is 0 Å². The first-order valence-corrected chi connectivity index (χ1v) is 4.93. The minimum atomic E-state index is 1.12. The minimum Gasteiger partial charge on any atom is -0.233 e. The zero-order valence-electron chi connectivity index (χ0n) is 8.17. The van der Waals surface area contributed by atoms with Crippen molar-refractivity contribution in [2.24, 2.45) is 0 Å². The summed E-state index contributed by atoms with van der Waals surface area (Å²) in [7, 11) is 0. The van der Waals surface area contributed by atoms with Gasteiger partial charge in [-0.1, -0.05) is 36.4 Å². The molecule has 2 heterocycles. The van der Waals surface area contributed by atoms with Crippen LogP contribution in [0.15, 0.2) is 60.8 Å². The third-order valence-electron chi connectivity index (χ3n) is 2.49. The Kier molecular flexibility index (Phi) is 1.78. The average Bonchev–Trinajstić information content (AvgIpc) is 2.78. The van der Waals surface area contributed by atoms with Crippen molar-refractivity contribution in [2.75, 3.05) is 0 Å². The highest BCUT2D eigenvalue weighted by Crippen LogP contribution is 2.19. The van der Waals surface area contributed by atoms with Crippen LogP contribution in [0.3, 0.4) is 0 Å². The van der Waals surface area contributed by atoms with Gasteiger partial charge in [-0.25, -0.2) is 4.52 Å². The summed E-state index contributed by atoms with van der Waals surface area (Å²) in [5.74, 6) is 0. The van der Waals surface area contributed by atoms with E-state index in [9.17, 15) is 0 Å². The van der Waals surface area contributed by atoms with Gasteiger partial charge < -0.3 is 0 Å². The van der Waals surface area contributed by atoms with Gasteiger partial charge in [-0.3, -0.25) is 0 Å². The Labute approximate surface area is 87.8 Å². The molecule has 72 valence electrons. The summed E-state index contributed by atoms with van der Waals surface area (Å²) < 4.78 is 1.95. The van der Waals surface area contributed by atoms with E-state index >= 15 is 0 Å². The van der Waals surface area contributed by atoms with Gasteiger partial charge in [-0.05, 0) is 18.2 Å². The molecule has 2 heteroatoms. The monoisotopic (exact) mass is 194 g/mol. The van der Waals surface area contributed by atoms with Crippen molar-refractivity contribution in [1.29, 1.82) is 0 Å². The number of hydrogen-bond donors (Lipinski definition) is 0. The molecule has 0 bridgehead atoms. The van der Waals surface area contributed by atoms with Crippen molar-refractivity contribution in [3.63, 3.8) is 0 Å². The van der Waals surface area contributed by atoms with E-state index < -0.39 is 0 Å². The van der Waals surface area contributed by atoms with Gasteiger partial charge in [0.05, 0.1) is 17.4 Å². The van der Waals surface area contributed by atoms with Crippen molar-refractivity contribution < 1.29 is 0 Å². The lowest BCUT2D eigenvalue weighted by molar-refractivity contribution is 0.970. The minimum absolute atomic E-state index is 1.12. The first-order valence-electron chi connectivity index (χ1n) is 4.93. The largest absolute Gasteiger partial charge is 0.233 e. The second-order valence-corrected chi connectivity index (χ2v) is 3.44. The molecule has 0 amide bonds. The fourth-order valence-electron chi connectivity index (χ4n) is 1.78. The first kappa shape index (κ1) is 8.24. The van der Waals surface area contributed by atoms with Gasteiger partial charge in [0.15, 0.2) is 0 Å². The van der Waals surface area contributed by atoms with Gasteiger partial charge in [-0.15, -0.1) is 0 Å². The zero-order valence-corrected chi connectivity index (χ0v) is 8.17. The van der Waals surface area contributed by atoms with Gasteiger partial charge in [0.2, 0.25) is 0 Å². The van der Waals surface area contributed by atoms with E-state index in [0.717, 1.165) is 11.2 Å². The van der Waals surface area contributed by atoms with Crippen molar-refractivity contribution >= 4 is 5.52 Å². The molecule has 0 aliphatic rings. The Bertz CT molecular complexity index is 582. The third-order valence-corrected chi connectivity index (χ3v) is 2.49. The zero-order chi connectivity index (χ0) is 10.1. The SMILES string of the molecule is c1ccc(-c2cccc3ccnn23)cc1. The highest BCUT2D eigenvalue weighted by atomic mass is 15.2. The quantitative estimate of drug-likeness (QED) is 0.582. The molecule has 0 radical (unpaired) electrons. The van der Waals surface area contributed by atoms with Crippen molar-refractivity contribution in [3.05, 3.63) is 60.8 Å². The summed E-state index contributed by atoms with van der Waals surface area (Å²) in [6, 6.07) is 18.5. The molecule has 2 aromatic heterocycles. The summed E-state index contributed by atoms with van der Waals surface area (Å²) in [4.78, 5) is 0.